The first kappa shape index (κ1) is 25.3. The van der Waals surface area contributed by atoms with Crippen molar-refractivity contribution in [1.29, 1.82) is 0 Å². The molecule has 0 saturated carbocycles. The van der Waals surface area contributed by atoms with Crippen molar-refractivity contribution in [2.45, 2.75) is 51.4 Å². The summed E-state index contributed by atoms with van der Waals surface area (Å²) in [5.41, 5.74) is 0.204. The third kappa shape index (κ3) is 6.62. The van der Waals surface area contributed by atoms with Crippen molar-refractivity contribution in [2.24, 2.45) is 0 Å². The molecule has 3 rings (SSSR count). The second-order valence-electron chi connectivity index (χ2n) is 9.27. The molecule has 2 radical (unpaired) electrons. The summed E-state index contributed by atoms with van der Waals surface area (Å²) in [6.45, 7) is 9.67. The summed E-state index contributed by atoms with van der Waals surface area (Å²) in [7, 11) is -3.43. The summed E-state index contributed by atoms with van der Waals surface area (Å²) in [6.07, 6.45) is 0.837. The van der Waals surface area contributed by atoms with Crippen molar-refractivity contribution >= 4 is 31.7 Å². The Hall–Kier alpha value is -2.28. The highest BCUT2D eigenvalue weighted by Crippen LogP contribution is 2.33. The first-order valence-corrected chi connectivity index (χ1v) is 12.9. The molecule has 1 aliphatic rings. The van der Waals surface area contributed by atoms with E-state index in [1.54, 1.807) is 0 Å². The number of hydrogen-bond acceptors (Lipinski definition) is 8. The molecule has 180 valence electrons. The van der Waals surface area contributed by atoms with E-state index in [1.807, 2.05) is 13.8 Å². The second kappa shape index (κ2) is 9.16. The predicted molar refractivity (Wildman–Crippen MR) is 120 cm³/mol. The third-order valence-corrected chi connectivity index (χ3v) is 6.36. The van der Waals surface area contributed by atoms with Crippen molar-refractivity contribution < 1.29 is 35.4 Å². The van der Waals surface area contributed by atoms with Gasteiger partial charge in [0.25, 0.3) is 10.1 Å². The van der Waals surface area contributed by atoms with E-state index in [0.29, 0.717) is 5.69 Å². The zero-order valence-electron chi connectivity index (χ0n) is 19.3. The molecule has 12 heteroatoms. The minimum absolute atomic E-state index is 0.00156. The number of oxazole rings is 1. The Morgan fingerprint density at radius 2 is 1.97 bits per heavy atom. The van der Waals surface area contributed by atoms with E-state index >= 15 is 0 Å². The van der Waals surface area contributed by atoms with Gasteiger partial charge in [-0.05, 0) is 37.1 Å². The van der Waals surface area contributed by atoms with Crippen LogP contribution in [0.15, 0.2) is 28.9 Å². The number of halogens is 1. The highest BCUT2D eigenvalue weighted by Gasteiger charge is 2.34. The topological polar surface area (TPSA) is 108 Å². The monoisotopic (exact) mass is 498 g/mol. The molecular formula is C21H27FN2O7SSi. The van der Waals surface area contributed by atoms with Gasteiger partial charge < -0.3 is 13.6 Å². The normalized spacial score (nSPS) is 17.5. The van der Waals surface area contributed by atoms with Gasteiger partial charge in [-0.2, -0.15) is 8.42 Å². The minimum Gasteiger partial charge on any atom is -0.444 e. The number of benzene rings is 1. The molecule has 1 saturated heterocycles. The van der Waals surface area contributed by atoms with Crippen LogP contribution < -0.4 is 4.90 Å². The number of anilines is 1. The van der Waals surface area contributed by atoms with Crippen LogP contribution in [0.5, 0.6) is 0 Å². The molecule has 1 aromatic carbocycles. The Morgan fingerprint density at radius 1 is 1.27 bits per heavy atom. The van der Waals surface area contributed by atoms with E-state index < -0.39 is 33.7 Å². The lowest BCUT2D eigenvalue weighted by atomic mass is 10.1. The maximum atomic E-state index is 14.9. The SMILES string of the molecule is CC(C)(C)[Si]OC(C)(C)c1coc(-c2ccc(N3CC(COS(C)(=O)=O)OC3=O)cc2F)n1. The number of hydrogen-bond donors (Lipinski definition) is 0. The van der Waals surface area contributed by atoms with Crippen molar-refractivity contribution in [3.63, 3.8) is 0 Å². The molecule has 1 unspecified atom stereocenters. The molecule has 1 fully saturated rings. The molecule has 1 amide bonds. The first-order chi connectivity index (χ1) is 15.1. The molecule has 1 aromatic heterocycles. The van der Waals surface area contributed by atoms with Crippen LogP contribution in [0.4, 0.5) is 14.9 Å². The van der Waals surface area contributed by atoms with Gasteiger partial charge in [0.15, 0.2) is 0 Å². The highest BCUT2D eigenvalue weighted by molar-refractivity contribution is 7.85. The molecule has 1 atom stereocenters. The van der Waals surface area contributed by atoms with Crippen LogP contribution in [0.2, 0.25) is 5.04 Å². The van der Waals surface area contributed by atoms with Crippen LogP contribution in [-0.2, 0) is 29.1 Å². The van der Waals surface area contributed by atoms with Gasteiger partial charge in [-0.15, -0.1) is 0 Å². The number of ether oxygens (including phenoxy) is 1. The van der Waals surface area contributed by atoms with Gasteiger partial charge in [-0.3, -0.25) is 9.08 Å². The van der Waals surface area contributed by atoms with Gasteiger partial charge in [0.1, 0.15) is 30.5 Å². The fraction of sp³-hybridized carbons (Fsp3) is 0.524. The Balaban J connectivity index is 1.73. The summed E-state index contributed by atoms with van der Waals surface area (Å²) in [5.74, 6) is -0.548. The van der Waals surface area contributed by atoms with E-state index in [-0.39, 0.29) is 45.1 Å². The van der Waals surface area contributed by atoms with E-state index in [2.05, 4.69) is 29.9 Å². The molecular weight excluding hydrogens is 471 g/mol. The Kier molecular flexibility index (Phi) is 7.04. The van der Waals surface area contributed by atoms with Gasteiger partial charge in [0.05, 0.1) is 29.7 Å². The molecule has 2 aromatic rings. The van der Waals surface area contributed by atoms with Crippen LogP contribution in [0.3, 0.4) is 0 Å². The molecule has 1 aliphatic heterocycles. The van der Waals surface area contributed by atoms with Gasteiger partial charge in [0, 0.05) is 0 Å². The summed E-state index contributed by atoms with van der Waals surface area (Å²) in [4.78, 5) is 17.8. The molecule has 0 N–H and O–H groups in total. The smallest absolute Gasteiger partial charge is 0.414 e. The van der Waals surface area contributed by atoms with Gasteiger partial charge in [-0.1, -0.05) is 20.8 Å². The summed E-state index contributed by atoms with van der Waals surface area (Å²) in [5, 5.41) is -0.00156. The lowest BCUT2D eigenvalue weighted by molar-refractivity contribution is 0.104. The maximum absolute atomic E-state index is 14.9. The molecule has 9 nitrogen and oxygen atoms in total. The van der Waals surface area contributed by atoms with E-state index in [9.17, 15) is 17.6 Å². The summed E-state index contributed by atoms with van der Waals surface area (Å²) < 4.78 is 58.5. The molecule has 0 bridgehead atoms. The average molecular weight is 499 g/mol. The van der Waals surface area contributed by atoms with Crippen LogP contribution >= 0.6 is 0 Å². The molecule has 0 spiro atoms. The zero-order chi connectivity index (χ0) is 24.6. The molecule has 2 heterocycles. The predicted octanol–water partition coefficient (Wildman–Crippen LogP) is 3.87. The standard InChI is InChI=1S/C21H27FN2O7SSi/c1-20(2,3)33-31-21(4,5)17-12-28-18(23-17)15-8-7-13(9-16(15)22)24-10-14(30-19(24)25)11-29-32(6,26)27/h7-9,12,14H,10-11H2,1-6H3. The third-order valence-electron chi connectivity index (χ3n) is 4.57. The van der Waals surface area contributed by atoms with Crippen molar-refractivity contribution in [1.82, 2.24) is 4.98 Å². The molecule has 33 heavy (non-hydrogen) atoms. The Bertz CT molecular complexity index is 1130. The fourth-order valence-electron chi connectivity index (χ4n) is 2.87. The minimum atomic E-state index is -3.67. The van der Waals surface area contributed by atoms with Crippen molar-refractivity contribution in [2.75, 3.05) is 24.3 Å². The number of cyclic esters (lactones) is 1. The van der Waals surface area contributed by atoms with Crippen molar-refractivity contribution in [3.8, 4) is 11.5 Å². The second-order valence-corrected chi connectivity index (χ2v) is 12.8. The first-order valence-electron chi connectivity index (χ1n) is 10.2. The van der Waals surface area contributed by atoms with Crippen molar-refractivity contribution in [3.05, 3.63) is 36.0 Å². The van der Waals surface area contributed by atoms with Gasteiger partial charge in [-0.25, -0.2) is 14.2 Å². The van der Waals surface area contributed by atoms with Crippen LogP contribution in [-0.4, -0.2) is 54.8 Å². The average Bonchev–Trinajstić information content (AvgIpc) is 3.31. The number of carbonyl (C=O) groups excluding carboxylic acids is 1. The number of nitrogens with zero attached hydrogens (tertiary/aromatic N) is 2. The van der Waals surface area contributed by atoms with Crippen LogP contribution in [0.25, 0.3) is 11.5 Å². The van der Waals surface area contributed by atoms with E-state index in [0.717, 1.165) is 6.26 Å². The quantitative estimate of drug-likeness (QED) is 0.399. The van der Waals surface area contributed by atoms with Gasteiger partial charge in [0.2, 0.25) is 15.7 Å². The lowest BCUT2D eigenvalue weighted by Gasteiger charge is -2.27. The summed E-state index contributed by atoms with van der Waals surface area (Å²) in [6, 6.07) is 4.16. The number of amides is 1. The lowest BCUT2D eigenvalue weighted by Crippen LogP contribution is -2.28. The summed E-state index contributed by atoms with van der Waals surface area (Å²) >= 11 is 0. The fourth-order valence-corrected chi connectivity index (χ4v) is 3.94. The highest BCUT2D eigenvalue weighted by atomic mass is 32.2. The zero-order valence-corrected chi connectivity index (χ0v) is 21.2. The largest absolute Gasteiger partial charge is 0.444 e. The van der Waals surface area contributed by atoms with Gasteiger partial charge >= 0.3 is 6.09 Å². The number of aromatic nitrogens is 1. The maximum Gasteiger partial charge on any atom is 0.414 e. The number of carbonyl (C=O) groups is 1. The molecule has 0 aliphatic carbocycles. The van der Waals surface area contributed by atoms with E-state index in [4.69, 9.17) is 13.6 Å². The Labute approximate surface area is 195 Å². The van der Waals surface area contributed by atoms with Crippen LogP contribution in [0, 0.1) is 5.82 Å². The van der Waals surface area contributed by atoms with E-state index in [1.165, 1.54) is 29.4 Å². The Morgan fingerprint density at radius 3 is 2.58 bits per heavy atom. The number of rotatable bonds is 8. The van der Waals surface area contributed by atoms with Crippen LogP contribution in [0.1, 0.15) is 40.3 Å².